The average Bonchev–Trinajstić information content (AvgIpc) is 2.44. The van der Waals surface area contributed by atoms with E-state index in [1.54, 1.807) is 13.8 Å². The molecule has 1 aromatic rings. The predicted molar refractivity (Wildman–Crippen MR) is 76.1 cm³/mol. The fraction of sp³-hybridized carbons (Fsp3) is 0.417. The fourth-order valence-corrected chi connectivity index (χ4v) is 2.21. The molecule has 0 aliphatic heterocycles. The van der Waals surface area contributed by atoms with Crippen LogP contribution in [0.15, 0.2) is 23.4 Å². The van der Waals surface area contributed by atoms with E-state index in [9.17, 15) is 19.7 Å². The van der Waals surface area contributed by atoms with E-state index in [0.717, 1.165) is 18.0 Å². The highest BCUT2D eigenvalue weighted by molar-refractivity contribution is 8.00. The molecule has 0 fully saturated rings. The predicted octanol–water partition coefficient (Wildman–Crippen LogP) is 1.45. The molecule has 0 aliphatic carbocycles. The van der Waals surface area contributed by atoms with Crippen molar-refractivity contribution in [1.29, 1.82) is 0 Å². The molecule has 0 saturated carbocycles. The summed E-state index contributed by atoms with van der Waals surface area (Å²) in [6.07, 6.45) is 1.40. The Hall–Kier alpha value is -2.16. The topological polar surface area (TPSA) is 122 Å². The molecule has 1 heterocycles. The first-order valence-electron chi connectivity index (χ1n) is 6.15. The zero-order chi connectivity index (χ0) is 16.0. The number of carboxylic acid groups (broad SMARTS) is 1. The van der Waals surface area contributed by atoms with Crippen LogP contribution in [0.4, 0.5) is 5.69 Å². The van der Waals surface area contributed by atoms with Crippen LogP contribution in [0.3, 0.4) is 0 Å². The van der Waals surface area contributed by atoms with Gasteiger partial charge in [-0.25, -0.2) is 9.78 Å². The highest BCUT2D eigenvalue weighted by Gasteiger charge is 2.22. The molecule has 1 rings (SSSR count). The Balaban J connectivity index is 2.63. The monoisotopic (exact) mass is 313 g/mol. The van der Waals surface area contributed by atoms with E-state index in [1.165, 1.54) is 12.1 Å². The molecule has 2 N–H and O–H groups in total. The van der Waals surface area contributed by atoms with E-state index in [1.807, 2.05) is 0 Å². The molecule has 0 radical (unpaired) electrons. The normalized spacial score (nSPS) is 13.2. The number of nitro groups is 1. The molecular formula is C12H15N3O5S. The average molecular weight is 313 g/mol. The third-order valence-electron chi connectivity index (χ3n) is 2.62. The van der Waals surface area contributed by atoms with Crippen molar-refractivity contribution in [2.24, 2.45) is 0 Å². The SMILES string of the molecule is CCC(NC(=O)C(C)Sc1ccc([N+](=O)[O-])cn1)C(=O)O. The number of amides is 1. The van der Waals surface area contributed by atoms with E-state index in [0.29, 0.717) is 5.03 Å². The fourth-order valence-electron chi connectivity index (χ4n) is 1.41. The minimum atomic E-state index is -1.09. The first-order valence-corrected chi connectivity index (χ1v) is 7.03. The molecule has 0 saturated heterocycles. The number of carbonyl (C=O) groups excluding carboxylic acids is 1. The highest BCUT2D eigenvalue weighted by atomic mass is 32.2. The number of carboxylic acids is 1. The number of pyridine rings is 1. The molecule has 0 aromatic carbocycles. The Labute approximate surface area is 125 Å². The van der Waals surface area contributed by atoms with E-state index in [-0.39, 0.29) is 12.1 Å². The van der Waals surface area contributed by atoms with E-state index in [4.69, 9.17) is 5.11 Å². The van der Waals surface area contributed by atoms with Crippen LogP contribution in [0.25, 0.3) is 0 Å². The van der Waals surface area contributed by atoms with E-state index in [2.05, 4.69) is 10.3 Å². The van der Waals surface area contributed by atoms with Crippen molar-refractivity contribution in [2.45, 2.75) is 36.6 Å². The molecule has 21 heavy (non-hydrogen) atoms. The zero-order valence-corrected chi connectivity index (χ0v) is 12.3. The molecule has 0 aliphatic rings. The molecule has 2 atom stereocenters. The first kappa shape index (κ1) is 16.9. The summed E-state index contributed by atoms with van der Waals surface area (Å²) in [6.45, 7) is 3.27. The summed E-state index contributed by atoms with van der Waals surface area (Å²) in [5.74, 6) is -1.51. The van der Waals surface area contributed by atoms with Crippen molar-refractivity contribution < 1.29 is 19.6 Å². The Kier molecular flexibility index (Phi) is 6.10. The van der Waals surface area contributed by atoms with Gasteiger partial charge >= 0.3 is 5.97 Å². The summed E-state index contributed by atoms with van der Waals surface area (Å²) in [5.41, 5.74) is -0.131. The molecule has 0 bridgehead atoms. The minimum Gasteiger partial charge on any atom is -0.480 e. The van der Waals surface area contributed by atoms with Crippen LogP contribution < -0.4 is 5.32 Å². The summed E-state index contributed by atoms with van der Waals surface area (Å²) in [5, 5.41) is 21.7. The van der Waals surface area contributed by atoms with Gasteiger partial charge in [0, 0.05) is 6.07 Å². The lowest BCUT2D eigenvalue weighted by molar-refractivity contribution is -0.385. The van der Waals surface area contributed by atoms with Crippen molar-refractivity contribution in [3.63, 3.8) is 0 Å². The number of rotatable bonds is 7. The first-order chi connectivity index (χ1) is 9.85. The van der Waals surface area contributed by atoms with Gasteiger partial charge in [-0.2, -0.15) is 0 Å². The van der Waals surface area contributed by atoms with Crippen LogP contribution in [0.5, 0.6) is 0 Å². The van der Waals surface area contributed by atoms with Gasteiger partial charge in [0.05, 0.1) is 15.2 Å². The van der Waals surface area contributed by atoms with Crippen LogP contribution >= 0.6 is 11.8 Å². The number of aromatic nitrogens is 1. The van der Waals surface area contributed by atoms with Gasteiger partial charge in [0.15, 0.2) is 0 Å². The Morgan fingerprint density at radius 3 is 2.62 bits per heavy atom. The maximum atomic E-state index is 11.9. The number of nitrogens with zero attached hydrogens (tertiary/aromatic N) is 2. The largest absolute Gasteiger partial charge is 0.480 e. The third kappa shape index (κ3) is 5.03. The van der Waals surface area contributed by atoms with E-state index >= 15 is 0 Å². The Morgan fingerprint density at radius 2 is 2.19 bits per heavy atom. The van der Waals surface area contributed by atoms with Crippen LogP contribution in [0.1, 0.15) is 20.3 Å². The number of aliphatic carboxylic acids is 1. The number of carbonyl (C=O) groups is 2. The summed E-state index contributed by atoms with van der Waals surface area (Å²) < 4.78 is 0. The van der Waals surface area contributed by atoms with Gasteiger partial charge in [-0.1, -0.05) is 18.7 Å². The molecule has 114 valence electrons. The summed E-state index contributed by atoms with van der Waals surface area (Å²) in [4.78, 5) is 36.5. The van der Waals surface area contributed by atoms with Crippen molar-refractivity contribution in [2.75, 3.05) is 0 Å². The van der Waals surface area contributed by atoms with Crippen LogP contribution in [-0.2, 0) is 9.59 Å². The lowest BCUT2D eigenvalue weighted by atomic mass is 10.2. The zero-order valence-electron chi connectivity index (χ0n) is 11.5. The molecule has 1 amide bonds. The third-order valence-corrected chi connectivity index (χ3v) is 3.67. The summed E-state index contributed by atoms with van der Waals surface area (Å²) >= 11 is 1.10. The van der Waals surface area contributed by atoms with Crippen molar-refractivity contribution in [3.05, 3.63) is 28.4 Å². The number of nitrogens with one attached hydrogen (secondary N) is 1. The van der Waals surface area contributed by atoms with Gasteiger partial charge in [0.1, 0.15) is 12.2 Å². The molecular weight excluding hydrogens is 298 g/mol. The van der Waals surface area contributed by atoms with Gasteiger partial charge in [-0.05, 0) is 19.4 Å². The van der Waals surface area contributed by atoms with Crippen LogP contribution in [0, 0.1) is 10.1 Å². The van der Waals surface area contributed by atoms with Crippen molar-refractivity contribution in [1.82, 2.24) is 10.3 Å². The summed E-state index contributed by atoms with van der Waals surface area (Å²) in [7, 11) is 0. The van der Waals surface area contributed by atoms with E-state index < -0.39 is 28.1 Å². The molecule has 2 unspecified atom stereocenters. The maximum Gasteiger partial charge on any atom is 0.326 e. The lowest BCUT2D eigenvalue weighted by Gasteiger charge is -2.15. The smallest absolute Gasteiger partial charge is 0.326 e. The van der Waals surface area contributed by atoms with Gasteiger partial charge < -0.3 is 10.4 Å². The van der Waals surface area contributed by atoms with Crippen molar-refractivity contribution >= 4 is 29.3 Å². The van der Waals surface area contributed by atoms with Gasteiger partial charge in [-0.3, -0.25) is 14.9 Å². The molecule has 9 heteroatoms. The number of hydrogen-bond donors (Lipinski definition) is 2. The number of hydrogen-bond acceptors (Lipinski definition) is 6. The van der Waals surface area contributed by atoms with Crippen LogP contribution in [0.2, 0.25) is 0 Å². The maximum absolute atomic E-state index is 11.9. The Morgan fingerprint density at radius 1 is 1.52 bits per heavy atom. The van der Waals surface area contributed by atoms with Gasteiger partial charge in [-0.15, -0.1) is 0 Å². The quantitative estimate of drug-likeness (QED) is 0.443. The second-order valence-corrected chi connectivity index (χ2v) is 5.54. The molecule has 1 aromatic heterocycles. The molecule has 8 nitrogen and oxygen atoms in total. The van der Waals surface area contributed by atoms with Crippen LogP contribution in [-0.4, -0.2) is 38.2 Å². The second-order valence-electron chi connectivity index (χ2n) is 4.18. The molecule has 0 spiro atoms. The minimum absolute atomic E-state index is 0.131. The highest BCUT2D eigenvalue weighted by Crippen LogP contribution is 2.22. The Bertz CT molecular complexity index is 534. The number of thioether (sulfide) groups is 1. The van der Waals surface area contributed by atoms with Gasteiger partial charge in [0.25, 0.3) is 5.69 Å². The van der Waals surface area contributed by atoms with Gasteiger partial charge in [0.2, 0.25) is 5.91 Å². The second kappa shape index (κ2) is 7.58. The van der Waals surface area contributed by atoms with Crippen molar-refractivity contribution in [3.8, 4) is 0 Å². The standard InChI is InChI=1S/C12H15N3O5S/c1-3-9(12(17)18)14-11(16)7(2)21-10-5-4-8(6-13-10)15(19)20/h4-7,9H,3H2,1-2H3,(H,14,16)(H,17,18). The lowest BCUT2D eigenvalue weighted by Crippen LogP contribution is -2.43. The summed E-state index contributed by atoms with van der Waals surface area (Å²) in [6, 6.07) is 1.82.